The molecule has 6 nitrogen and oxygen atoms in total. The topological polar surface area (TPSA) is 69.0 Å². The van der Waals surface area contributed by atoms with Crippen molar-refractivity contribution in [1.29, 1.82) is 0 Å². The van der Waals surface area contributed by atoms with Crippen LogP contribution in [0.2, 0.25) is 5.02 Å². The van der Waals surface area contributed by atoms with E-state index < -0.39 is 0 Å². The number of ether oxygens (including phenoxy) is 1. The van der Waals surface area contributed by atoms with Gasteiger partial charge < -0.3 is 10.1 Å². The van der Waals surface area contributed by atoms with E-state index in [1.54, 1.807) is 41.2 Å². The molecule has 146 valence electrons. The van der Waals surface area contributed by atoms with Gasteiger partial charge in [0.05, 0.1) is 10.7 Å². The summed E-state index contributed by atoms with van der Waals surface area (Å²) in [5.74, 6) is 0.184. The van der Waals surface area contributed by atoms with Gasteiger partial charge in [0.1, 0.15) is 16.8 Å². The van der Waals surface area contributed by atoms with Gasteiger partial charge in [0.25, 0.3) is 5.91 Å². The number of carbonyl (C=O) groups is 1. The number of nitrogens with one attached hydrogen (secondary N) is 1. The standard InChI is InChI=1S/C22H19ClN4O2/c1-2-15-7-10-17(11-8-15)27-25-19-12-9-16(13-20(19)26-27)24-22(28)14-29-21-6-4-3-5-18(21)23/h3-13H,2,14H2,1H3,(H,24,28). The third kappa shape index (κ3) is 4.38. The summed E-state index contributed by atoms with van der Waals surface area (Å²) in [7, 11) is 0. The Bertz CT molecular complexity index is 1160. The van der Waals surface area contributed by atoms with Crippen LogP contribution in [0.4, 0.5) is 5.69 Å². The first-order chi connectivity index (χ1) is 14.1. The summed E-state index contributed by atoms with van der Waals surface area (Å²) in [4.78, 5) is 13.8. The van der Waals surface area contributed by atoms with Crippen molar-refractivity contribution in [2.75, 3.05) is 11.9 Å². The molecule has 0 saturated heterocycles. The molecule has 1 aromatic heterocycles. The summed E-state index contributed by atoms with van der Waals surface area (Å²) in [6.45, 7) is 1.98. The number of nitrogens with zero attached hydrogens (tertiary/aromatic N) is 3. The number of rotatable bonds is 6. The Labute approximate surface area is 173 Å². The Balaban J connectivity index is 1.45. The Kier molecular flexibility index (Phi) is 5.44. The summed E-state index contributed by atoms with van der Waals surface area (Å²) in [5.41, 5.74) is 4.20. The zero-order valence-electron chi connectivity index (χ0n) is 15.8. The molecule has 4 rings (SSSR count). The molecule has 0 fully saturated rings. The molecule has 1 N–H and O–H groups in total. The van der Waals surface area contributed by atoms with Gasteiger partial charge in [-0.1, -0.05) is 42.8 Å². The summed E-state index contributed by atoms with van der Waals surface area (Å²) >= 11 is 6.03. The number of hydrogen-bond donors (Lipinski definition) is 1. The van der Waals surface area contributed by atoms with Gasteiger partial charge in [0.15, 0.2) is 6.61 Å². The van der Waals surface area contributed by atoms with Crippen LogP contribution < -0.4 is 10.1 Å². The normalized spacial score (nSPS) is 10.8. The van der Waals surface area contributed by atoms with Gasteiger partial charge in [-0.05, 0) is 54.4 Å². The molecule has 0 aliphatic carbocycles. The van der Waals surface area contributed by atoms with Crippen molar-refractivity contribution in [2.24, 2.45) is 0 Å². The first-order valence-electron chi connectivity index (χ1n) is 9.26. The van der Waals surface area contributed by atoms with Crippen molar-refractivity contribution in [2.45, 2.75) is 13.3 Å². The largest absolute Gasteiger partial charge is 0.482 e. The van der Waals surface area contributed by atoms with E-state index in [1.165, 1.54) is 5.56 Å². The molecule has 0 saturated carbocycles. The Hall–Kier alpha value is -3.38. The van der Waals surface area contributed by atoms with Crippen molar-refractivity contribution >= 4 is 34.2 Å². The lowest BCUT2D eigenvalue weighted by atomic mass is 10.2. The Morgan fingerprint density at radius 2 is 1.79 bits per heavy atom. The fourth-order valence-corrected chi connectivity index (χ4v) is 3.07. The van der Waals surface area contributed by atoms with E-state index in [2.05, 4.69) is 34.6 Å². The van der Waals surface area contributed by atoms with E-state index in [0.29, 0.717) is 22.0 Å². The molecule has 3 aromatic carbocycles. The quantitative estimate of drug-likeness (QED) is 0.506. The molecule has 0 bridgehead atoms. The minimum Gasteiger partial charge on any atom is -0.482 e. The van der Waals surface area contributed by atoms with Gasteiger partial charge in [0.2, 0.25) is 0 Å². The van der Waals surface area contributed by atoms with Crippen LogP contribution in [0.3, 0.4) is 0 Å². The molecule has 1 heterocycles. The highest BCUT2D eigenvalue weighted by Crippen LogP contribution is 2.23. The lowest BCUT2D eigenvalue weighted by molar-refractivity contribution is -0.118. The second-order valence-electron chi connectivity index (χ2n) is 6.48. The molecule has 0 aliphatic rings. The van der Waals surface area contributed by atoms with Crippen LogP contribution in [-0.4, -0.2) is 27.5 Å². The molecule has 0 unspecified atom stereocenters. The fraction of sp³-hybridized carbons (Fsp3) is 0.136. The predicted octanol–water partition coefficient (Wildman–Crippen LogP) is 4.65. The number of carbonyl (C=O) groups excluding carboxylic acids is 1. The predicted molar refractivity (Wildman–Crippen MR) is 114 cm³/mol. The fourth-order valence-electron chi connectivity index (χ4n) is 2.87. The van der Waals surface area contributed by atoms with Crippen molar-refractivity contribution in [3.8, 4) is 11.4 Å². The number of anilines is 1. The number of halogens is 1. The number of fused-ring (bicyclic) bond motifs is 1. The van der Waals surface area contributed by atoms with E-state index in [4.69, 9.17) is 16.3 Å². The van der Waals surface area contributed by atoms with Crippen LogP contribution in [0, 0.1) is 0 Å². The van der Waals surface area contributed by atoms with Crippen LogP contribution >= 0.6 is 11.6 Å². The molecule has 29 heavy (non-hydrogen) atoms. The number of aryl methyl sites for hydroxylation is 1. The molecule has 0 radical (unpaired) electrons. The summed E-state index contributed by atoms with van der Waals surface area (Å²) in [5, 5.41) is 12.3. The number of aromatic nitrogens is 3. The highest BCUT2D eigenvalue weighted by molar-refractivity contribution is 6.32. The molecule has 0 spiro atoms. The van der Waals surface area contributed by atoms with Crippen LogP contribution in [0.5, 0.6) is 5.75 Å². The smallest absolute Gasteiger partial charge is 0.262 e. The zero-order valence-corrected chi connectivity index (χ0v) is 16.6. The average Bonchev–Trinajstić information content (AvgIpc) is 3.16. The van der Waals surface area contributed by atoms with Gasteiger partial charge >= 0.3 is 0 Å². The van der Waals surface area contributed by atoms with E-state index in [9.17, 15) is 4.79 Å². The first kappa shape index (κ1) is 19.0. The van der Waals surface area contributed by atoms with Gasteiger partial charge in [0, 0.05) is 5.69 Å². The SMILES string of the molecule is CCc1ccc(-n2nc3ccc(NC(=O)COc4ccccc4Cl)cc3n2)cc1. The molecule has 0 aliphatic heterocycles. The highest BCUT2D eigenvalue weighted by Gasteiger charge is 2.09. The summed E-state index contributed by atoms with van der Waals surface area (Å²) in [6, 6.07) is 20.5. The van der Waals surface area contributed by atoms with Crippen molar-refractivity contribution in [3.05, 3.63) is 77.3 Å². The van der Waals surface area contributed by atoms with E-state index >= 15 is 0 Å². The maximum atomic E-state index is 12.2. The first-order valence-corrected chi connectivity index (χ1v) is 9.64. The van der Waals surface area contributed by atoms with Crippen LogP contribution in [-0.2, 0) is 11.2 Å². The molecule has 7 heteroatoms. The summed E-state index contributed by atoms with van der Waals surface area (Å²) < 4.78 is 5.46. The molecule has 1 amide bonds. The van der Waals surface area contributed by atoms with E-state index in [0.717, 1.165) is 17.6 Å². The number of amides is 1. The Morgan fingerprint density at radius 3 is 2.55 bits per heavy atom. The number of benzene rings is 3. The second kappa shape index (κ2) is 8.32. The average molecular weight is 407 g/mol. The number of para-hydroxylation sites is 1. The molecule has 4 aromatic rings. The van der Waals surface area contributed by atoms with Crippen LogP contribution in [0.25, 0.3) is 16.7 Å². The zero-order chi connectivity index (χ0) is 20.2. The molecular formula is C22H19ClN4O2. The third-order valence-corrected chi connectivity index (χ3v) is 4.75. The van der Waals surface area contributed by atoms with Gasteiger partial charge in [-0.15, -0.1) is 10.2 Å². The van der Waals surface area contributed by atoms with E-state index in [-0.39, 0.29) is 12.5 Å². The molecular weight excluding hydrogens is 388 g/mol. The van der Waals surface area contributed by atoms with Gasteiger partial charge in [-0.25, -0.2) is 0 Å². The lowest BCUT2D eigenvalue weighted by Crippen LogP contribution is -2.20. The highest BCUT2D eigenvalue weighted by atomic mass is 35.5. The van der Waals surface area contributed by atoms with Crippen molar-refractivity contribution in [3.63, 3.8) is 0 Å². The van der Waals surface area contributed by atoms with Gasteiger partial charge in [-0.2, -0.15) is 4.80 Å². The Morgan fingerprint density at radius 1 is 1.03 bits per heavy atom. The van der Waals surface area contributed by atoms with Crippen molar-refractivity contribution in [1.82, 2.24) is 15.0 Å². The monoisotopic (exact) mass is 406 g/mol. The lowest BCUT2D eigenvalue weighted by Gasteiger charge is -2.08. The minimum absolute atomic E-state index is 0.141. The summed E-state index contributed by atoms with van der Waals surface area (Å²) in [6.07, 6.45) is 0.984. The second-order valence-corrected chi connectivity index (χ2v) is 6.89. The van der Waals surface area contributed by atoms with Crippen molar-refractivity contribution < 1.29 is 9.53 Å². The van der Waals surface area contributed by atoms with Gasteiger partial charge in [-0.3, -0.25) is 4.79 Å². The number of hydrogen-bond acceptors (Lipinski definition) is 4. The van der Waals surface area contributed by atoms with E-state index in [1.807, 2.05) is 18.2 Å². The third-order valence-electron chi connectivity index (χ3n) is 4.44. The maximum absolute atomic E-state index is 12.2. The van der Waals surface area contributed by atoms with Crippen LogP contribution in [0.15, 0.2) is 66.7 Å². The van der Waals surface area contributed by atoms with Crippen LogP contribution in [0.1, 0.15) is 12.5 Å². The minimum atomic E-state index is -0.285. The molecule has 0 atom stereocenters. The maximum Gasteiger partial charge on any atom is 0.262 e.